The van der Waals surface area contributed by atoms with Crippen LogP contribution in [0.25, 0.3) is 0 Å². The average molecular weight is 261 g/mol. The van der Waals surface area contributed by atoms with E-state index in [4.69, 9.17) is 0 Å². The van der Waals surface area contributed by atoms with Crippen molar-refractivity contribution in [3.63, 3.8) is 0 Å². The fourth-order valence-electron chi connectivity index (χ4n) is 1.69. The summed E-state index contributed by atoms with van der Waals surface area (Å²) >= 11 is 1.69. The molecule has 1 amide bonds. The summed E-state index contributed by atoms with van der Waals surface area (Å²) in [6.07, 6.45) is 4.04. The average Bonchev–Trinajstić information content (AvgIpc) is 2.69. The van der Waals surface area contributed by atoms with Crippen LogP contribution >= 0.6 is 11.3 Å². The minimum atomic E-state index is -0.0815. The monoisotopic (exact) mass is 261 g/mol. The maximum absolute atomic E-state index is 11.8. The summed E-state index contributed by atoms with van der Waals surface area (Å²) in [5.74, 6) is -0.0815. The number of carbonyl (C=O) groups excluding carboxylic acids is 1. The molecule has 0 aliphatic rings. The van der Waals surface area contributed by atoms with Gasteiger partial charge in [-0.05, 0) is 26.0 Å². The van der Waals surface area contributed by atoms with Gasteiger partial charge < -0.3 is 5.32 Å². The van der Waals surface area contributed by atoms with Crippen LogP contribution in [0.15, 0.2) is 24.5 Å². The van der Waals surface area contributed by atoms with Gasteiger partial charge in [0, 0.05) is 30.2 Å². The summed E-state index contributed by atoms with van der Waals surface area (Å²) in [6.45, 7) is 4.62. The maximum atomic E-state index is 11.8. The molecule has 1 N–H and O–H groups in total. The minimum absolute atomic E-state index is 0.0815. The van der Waals surface area contributed by atoms with E-state index in [0.717, 1.165) is 17.1 Å². The Balaban J connectivity index is 1.86. The van der Waals surface area contributed by atoms with Crippen molar-refractivity contribution in [1.82, 2.24) is 15.3 Å². The number of carbonyl (C=O) groups is 1. The number of hydrogen-bond donors (Lipinski definition) is 1. The van der Waals surface area contributed by atoms with Gasteiger partial charge in [0.1, 0.15) is 0 Å². The summed E-state index contributed by atoms with van der Waals surface area (Å²) < 4.78 is 0. The normalized spacial score (nSPS) is 10.3. The number of amides is 1. The Morgan fingerprint density at radius 2 is 2.28 bits per heavy atom. The number of pyridine rings is 1. The molecule has 0 fully saturated rings. The van der Waals surface area contributed by atoms with Gasteiger partial charge in [-0.3, -0.25) is 9.78 Å². The van der Waals surface area contributed by atoms with Crippen molar-refractivity contribution in [3.8, 4) is 0 Å². The number of nitrogens with one attached hydrogen (secondary N) is 1. The highest BCUT2D eigenvalue weighted by Gasteiger charge is 2.07. The van der Waals surface area contributed by atoms with Crippen LogP contribution in [0.2, 0.25) is 0 Å². The van der Waals surface area contributed by atoms with E-state index in [1.54, 1.807) is 35.9 Å². The highest BCUT2D eigenvalue weighted by molar-refractivity contribution is 7.11. The fraction of sp³-hybridized carbons (Fsp3) is 0.308. The molecule has 0 saturated carbocycles. The summed E-state index contributed by atoms with van der Waals surface area (Å²) in [5.41, 5.74) is 1.66. The molecule has 0 aliphatic carbocycles. The molecule has 0 spiro atoms. The van der Waals surface area contributed by atoms with Crippen LogP contribution in [0.1, 0.15) is 25.9 Å². The quantitative estimate of drug-likeness (QED) is 0.917. The van der Waals surface area contributed by atoms with E-state index >= 15 is 0 Å². The molecule has 0 aromatic carbocycles. The molecule has 5 heteroatoms. The molecule has 2 heterocycles. The van der Waals surface area contributed by atoms with E-state index in [0.29, 0.717) is 12.1 Å². The van der Waals surface area contributed by atoms with E-state index in [9.17, 15) is 4.79 Å². The lowest BCUT2D eigenvalue weighted by atomic mass is 10.2. The van der Waals surface area contributed by atoms with Crippen molar-refractivity contribution >= 4 is 17.2 Å². The van der Waals surface area contributed by atoms with Crippen molar-refractivity contribution < 1.29 is 4.79 Å². The van der Waals surface area contributed by atoms with Crippen molar-refractivity contribution in [2.45, 2.75) is 20.3 Å². The number of nitrogens with zero attached hydrogens (tertiary/aromatic N) is 2. The molecule has 2 aromatic rings. The standard InChI is InChI=1S/C13H15N3OS/c1-9-12(18-10(2)16-9)5-7-15-13(17)11-4-3-6-14-8-11/h3-4,6,8H,5,7H2,1-2H3,(H,15,17). The van der Waals surface area contributed by atoms with Crippen molar-refractivity contribution in [2.75, 3.05) is 6.54 Å². The molecule has 0 unspecified atom stereocenters. The second-order valence-corrected chi connectivity index (χ2v) is 5.28. The Kier molecular flexibility index (Phi) is 4.04. The van der Waals surface area contributed by atoms with Gasteiger partial charge in [-0.25, -0.2) is 4.98 Å². The number of thiazole rings is 1. The van der Waals surface area contributed by atoms with Crippen molar-refractivity contribution in [1.29, 1.82) is 0 Å². The number of rotatable bonds is 4. The van der Waals surface area contributed by atoms with Gasteiger partial charge in [0.2, 0.25) is 0 Å². The molecule has 4 nitrogen and oxygen atoms in total. The predicted molar refractivity (Wildman–Crippen MR) is 71.9 cm³/mol. The summed E-state index contributed by atoms with van der Waals surface area (Å²) in [5, 5.41) is 3.95. The third-order valence-corrected chi connectivity index (χ3v) is 3.69. The molecule has 18 heavy (non-hydrogen) atoms. The molecular formula is C13H15N3OS. The van der Waals surface area contributed by atoms with Gasteiger partial charge in [-0.2, -0.15) is 0 Å². The SMILES string of the molecule is Cc1nc(C)c(CCNC(=O)c2cccnc2)s1. The highest BCUT2D eigenvalue weighted by Crippen LogP contribution is 2.17. The molecule has 2 rings (SSSR count). The van der Waals surface area contributed by atoms with Gasteiger partial charge in [0.15, 0.2) is 0 Å². The Bertz CT molecular complexity index is 536. The summed E-state index contributed by atoms with van der Waals surface area (Å²) in [6, 6.07) is 3.51. The zero-order valence-electron chi connectivity index (χ0n) is 10.4. The molecular weight excluding hydrogens is 246 g/mol. The lowest BCUT2D eigenvalue weighted by Crippen LogP contribution is -2.25. The van der Waals surface area contributed by atoms with Gasteiger partial charge in [0.05, 0.1) is 16.3 Å². The molecule has 0 saturated heterocycles. The first kappa shape index (κ1) is 12.7. The van der Waals surface area contributed by atoms with E-state index in [2.05, 4.69) is 15.3 Å². The molecule has 0 radical (unpaired) electrons. The second kappa shape index (κ2) is 5.73. The maximum Gasteiger partial charge on any atom is 0.252 e. The molecule has 94 valence electrons. The molecule has 0 bridgehead atoms. The lowest BCUT2D eigenvalue weighted by molar-refractivity contribution is 0.0954. The third-order valence-electron chi connectivity index (χ3n) is 2.56. The first-order valence-corrected chi connectivity index (χ1v) is 6.59. The van der Waals surface area contributed by atoms with Crippen molar-refractivity contribution in [3.05, 3.63) is 45.7 Å². The second-order valence-electron chi connectivity index (χ2n) is 3.99. The largest absolute Gasteiger partial charge is 0.352 e. The number of aromatic nitrogens is 2. The van der Waals surface area contributed by atoms with Crippen LogP contribution in [0.5, 0.6) is 0 Å². The zero-order chi connectivity index (χ0) is 13.0. The van der Waals surface area contributed by atoms with Crippen LogP contribution in [0.3, 0.4) is 0 Å². The van der Waals surface area contributed by atoms with Crippen LogP contribution in [-0.2, 0) is 6.42 Å². The van der Waals surface area contributed by atoms with E-state index in [1.807, 2.05) is 13.8 Å². The van der Waals surface area contributed by atoms with Crippen LogP contribution in [0, 0.1) is 13.8 Å². The molecule has 0 aliphatic heterocycles. The predicted octanol–water partition coefficient (Wildman–Crippen LogP) is 2.13. The van der Waals surface area contributed by atoms with Gasteiger partial charge >= 0.3 is 0 Å². The van der Waals surface area contributed by atoms with Crippen LogP contribution in [-0.4, -0.2) is 22.4 Å². The Morgan fingerprint density at radius 3 is 2.89 bits per heavy atom. The van der Waals surface area contributed by atoms with E-state index in [1.165, 1.54) is 4.88 Å². The third kappa shape index (κ3) is 3.13. The van der Waals surface area contributed by atoms with Crippen LogP contribution in [0.4, 0.5) is 0 Å². The van der Waals surface area contributed by atoms with E-state index < -0.39 is 0 Å². The smallest absolute Gasteiger partial charge is 0.252 e. The summed E-state index contributed by atoms with van der Waals surface area (Å²) in [4.78, 5) is 21.3. The van der Waals surface area contributed by atoms with Crippen LogP contribution < -0.4 is 5.32 Å². The topological polar surface area (TPSA) is 54.9 Å². The van der Waals surface area contributed by atoms with Gasteiger partial charge in [-0.1, -0.05) is 0 Å². The Morgan fingerprint density at radius 1 is 1.44 bits per heavy atom. The first-order chi connectivity index (χ1) is 8.66. The summed E-state index contributed by atoms with van der Waals surface area (Å²) in [7, 11) is 0. The Hall–Kier alpha value is -1.75. The Labute approximate surface area is 110 Å². The molecule has 0 atom stereocenters. The first-order valence-electron chi connectivity index (χ1n) is 5.78. The minimum Gasteiger partial charge on any atom is -0.352 e. The van der Waals surface area contributed by atoms with E-state index in [-0.39, 0.29) is 5.91 Å². The van der Waals surface area contributed by atoms with Gasteiger partial charge in [-0.15, -0.1) is 11.3 Å². The zero-order valence-corrected chi connectivity index (χ0v) is 11.3. The van der Waals surface area contributed by atoms with Gasteiger partial charge in [0.25, 0.3) is 5.91 Å². The lowest BCUT2D eigenvalue weighted by Gasteiger charge is -2.03. The fourth-order valence-corrected chi connectivity index (χ4v) is 2.63. The highest BCUT2D eigenvalue weighted by atomic mass is 32.1. The number of hydrogen-bond acceptors (Lipinski definition) is 4. The number of aryl methyl sites for hydroxylation is 2. The van der Waals surface area contributed by atoms with Crippen molar-refractivity contribution in [2.24, 2.45) is 0 Å². The molecule has 2 aromatic heterocycles.